The van der Waals surface area contributed by atoms with Gasteiger partial charge in [0.05, 0.1) is 0 Å². The molecule has 76 valence electrons. The number of rotatable bonds is 7. The summed E-state index contributed by atoms with van der Waals surface area (Å²) >= 11 is 3.42. The molecule has 0 heterocycles. The molecular formula is C11H19BrO. The van der Waals surface area contributed by atoms with E-state index in [1.807, 2.05) is 19.9 Å². The Kier molecular flexibility index (Phi) is 6.31. The number of allylic oxidation sites excluding steroid dienone is 1. The van der Waals surface area contributed by atoms with Gasteiger partial charge in [-0.25, -0.2) is 0 Å². The van der Waals surface area contributed by atoms with Crippen LogP contribution in [0.5, 0.6) is 0 Å². The minimum atomic E-state index is -0.198. The molecule has 1 atom stereocenters. The fourth-order valence-electron chi connectivity index (χ4n) is 1.44. The molecule has 0 saturated carbocycles. The lowest BCUT2D eigenvalue weighted by Gasteiger charge is -2.28. The van der Waals surface area contributed by atoms with Crippen LogP contribution in [0.3, 0.4) is 0 Å². The van der Waals surface area contributed by atoms with E-state index < -0.39 is 0 Å². The van der Waals surface area contributed by atoms with Crippen LogP contribution in [0.15, 0.2) is 12.7 Å². The first-order valence-corrected chi connectivity index (χ1v) is 5.83. The first-order valence-electron chi connectivity index (χ1n) is 4.71. The van der Waals surface area contributed by atoms with E-state index in [9.17, 15) is 4.79 Å². The summed E-state index contributed by atoms with van der Waals surface area (Å²) in [7, 11) is 0. The van der Waals surface area contributed by atoms with Gasteiger partial charge in [-0.3, -0.25) is 0 Å². The lowest BCUT2D eigenvalue weighted by Crippen LogP contribution is -2.26. The predicted molar refractivity (Wildman–Crippen MR) is 61.2 cm³/mol. The van der Waals surface area contributed by atoms with Crippen molar-refractivity contribution < 1.29 is 4.79 Å². The van der Waals surface area contributed by atoms with Crippen LogP contribution in [0, 0.1) is 11.3 Å². The van der Waals surface area contributed by atoms with Crippen molar-refractivity contribution in [2.24, 2.45) is 11.3 Å². The number of hydrogen-bond acceptors (Lipinski definition) is 1. The van der Waals surface area contributed by atoms with Crippen LogP contribution in [-0.4, -0.2) is 11.6 Å². The van der Waals surface area contributed by atoms with Crippen molar-refractivity contribution in [1.29, 1.82) is 0 Å². The van der Waals surface area contributed by atoms with Crippen LogP contribution < -0.4 is 0 Å². The van der Waals surface area contributed by atoms with Crippen molar-refractivity contribution in [2.75, 3.05) is 5.33 Å². The molecule has 0 rings (SSSR count). The van der Waals surface area contributed by atoms with Crippen LogP contribution in [0.1, 0.15) is 33.1 Å². The SMILES string of the molecule is C=CCCC(CCBr)C(C)(C)C=O. The molecule has 0 saturated heterocycles. The normalized spacial score (nSPS) is 13.8. The van der Waals surface area contributed by atoms with Gasteiger partial charge in [-0.05, 0) is 25.2 Å². The number of carbonyl (C=O) groups is 1. The van der Waals surface area contributed by atoms with Gasteiger partial charge >= 0.3 is 0 Å². The molecule has 1 nitrogen and oxygen atoms in total. The largest absolute Gasteiger partial charge is 0.303 e. The molecule has 1 unspecified atom stereocenters. The fraction of sp³-hybridized carbons (Fsp3) is 0.727. The van der Waals surface area contributed by atoms with Gasteiger partial charge in [0.1, 0.15) is 6.29 Å². The molecule has 0 radical (unpaired) electrons. The number of aldehydes is 1. The second-order valence-electron chi connectivity index (χ2n) is 3.98. The van der Waals surface area contributed by atoms with Crippen molar-refractivity contribution in [2.45, 2.75) is 33.1 Å². The summed E-state index contributed by atoms with van der Waals surface area (Å²) in [6, 6.07) is 0. The van der Waals surface area contributed by atoms with Crippen LogP contribution in [0.25, 0.3) is 0 Å². The quantitative estimate of drug-likeness (QED) is 0.382. The van der Waals surface area contributed by atoms with E-state index in [2.05, 4.69) is 22.5 Å². The third-order valence-electron chi connectivity index (χ3n) is 2.53. The molecule has 2 heteroatoms. The first-order chi connectivity index (χ1) is 6.08. The zero-order valence-corrected chi connectivity index (χ0v) is 10.1. The van der Waals surface area contributed by atoms with Crippen molar-refractivity contribution >= 4 is 22.2 Å². The molecule has 0 aliphatic rings. The molecule has 0 aromatic carbocycles. The highest BCUT2D eigenvalue weighted by Crippen LogP contribution is 2.31. The average molecular weight is 247 g/mol. The van der Waals surface area contributed by atoms with Gasteiger partial charge in [-0.2, -0.15) is 0 Å². The van der Waals surface area contributed by atoms with E-state index in [4.69, 9.17) is 0 Å². The minimum absolute atomic E-state index is 0.198. The molecule has 0 N–H and O–H groups in total. The lowest BCUT2D eigenvalue weighted by atomic mass is 9.76. The molecule has 0 aromatic heterocycles. The van der Waals surface area contributed by atoms with Crippen LogP contribution in [-0.2, 0) is 4.79 Å². The Morgan fingerprint density at radius 1 is 1.46 bits per heavy atom. The smallest absolute Gasteiger partial charge is 0.125 e. The zero-order chi connectivity index (χ0) is 10.3. The second-order valence-corrected chi connectivity index (χ2v) is 4.77. The standard InChI is InChI=1S/C11H19BrO/c1-4-5-6-10(7-8-12)11(2,3)9-13/h4,9-10H,1,5-8H2,2-3H3. The van der Waals surface area contributed by atoms with Gasteiger partial charge in [0.25, 0.3) is 0 Å². The Morgan fingerprint density at radius 2 is 2.08 bits per heavy atom. The summed E-state index contributed by atoms with van der Waals surface area (Å²) in [4.78, 5) is 10.9. The maximum absolute atomic E-state index is 10.9. The first kappa shape index (κ1) is 12.9. The molecule has 0 amide bonds. The number of alkyl halides is 1. The monoisotopic (exact) mass is 246 g/mol. The molecule has 0 bridgehead atoms. The van der Waals surface area contributed by atoms with E-state index in [0.717, 1.165) is 30.9 Å². The van der Waals surface area contributed by atoms with Crippen molar-refractivity contribution in [1.82, 2.24) is 0 Å². The molecule has 0 aliphatic carbocycles. The minimum Gasteiger partial charge on any atom is -0.303 e. The number of hydrogen-bond donors (Lipinski definition) is 0. The van der Waals surface area contributed by atoms with Gasteiger partial charge in [0, 0.05) is 10.7 Å². The van der Waals surface area contributed by atoms with Gasteiger partial charge in [-0.1, -0.05) is 35.9 Å². The Labute approximate surface area is 89.7 Å². The summed E-state index contributed by atoms with van der Waals surface area (Å²) in [5.41, 5.74) is -0.198. The Morgan fingerprint density at radius 3 is 2.46 bits per heavy atom. The Hall–Kier alpha value is -0.110. The van der Waals surface area contributed by atoms with E-state index in [-0.39, 0.29) is 5.41 Å². The highest BCUT2D eigenvalue weighted by molar-refractivity contribution is 9.09. The summed E-state index contributed by atoms with van der Waals surface area (Å²) in [5.74, 6) is 0.461. The average Bonchev–Trinajstić information content (AvgIpc) is 2.12. The molecule has 0 fully saturated rings. The van der Waals surface area contributed by atoms with Gasteiger partial charge in [-0.15, -0.1) is 6.58 Å². The van der Waals surface area contributed by atoms with Crippen LogP contribution >= 0.6 is 15.9 Å². The second kappa shape index (κ2) is 6.36. The Balaban J connectivity index is 4.21. The third kappa shape index (κ3) is 4.61. The molecular weight excluding hydrogens is 228 g/mol. The summed E-state index contributed by atoms with van der Waals surface area (Å²) in [6.07, 6.45) is 6.10. The van der Waals surface area contributed by atoms with Crippen LogP contribution in [0.2, 0.25) is 0 Å². The van der Waals surface area contributed by atoms with E-state index in [1.165, 1.54) is 0 Å². The predicted octanol–water partition coefficient (Wildman–Crippen LogP) is 3.58. The Bertz CT molecular complexity index is 163. The van der Waals surface area contributed by atoms with Crippen molar-refractivity contribution in [3.8, 4) is 0 Å². The van der Waals surface area contributed by atoms with Crippen molar-refractivity contribution in [3.05, 3.63) is 12.7 Å². The molecule has 0 aliphatic heterocycles. The van der Waals surface area contributed by atoms with Gasteiger partial charge in [0.15, 0.2) is 0 Å². The molecule has 13 heavy (non-hydrogen) atoms. The maximum atomic E-state index is 10.9. The van der Waals surface area contributed by atoms with Crippen molar-refractivity contribution in [3.63, 3.8) is 0 Å². The van der Waals surface area contributed by atoms with E-state index in [1.54, 1.807) is 0 Å². The fourth-order valence-corrected chi connectivity index (χ4v) is 1.99. The van der Waals surface area contributed by atoms with Crippen LogP contribution in [0.4, 0.5) is 0 Å². The highest BCUT2D eigenvalue weighted by atomic mass is 79.9. The maximum Gasteiger partial charge on any atom is 0.125 e. The number of halogens is 1. The summed E-state index contributed by atoms with van der Waals surface area (Å²) in [6.45, 7) is 7.72. The molecule has 0 spiro atoms. The highest BCUT2D eigenvalue weighted by Gasteiger charge is 2.27. The topological polar surface area (TPSA) is 17.1 Å². The number of carbonyl (C=O) groups excluding carboxylic acids is 1. The summed E-state index contributed by atoms with van der Waals surface area (Å²) in [5, 5.41) is 0.964. The van der Waals surface area contributed by atoms with E-state index in [0.29, 0.717) is 5.92 Å². The van der Waals surface area contributed by atoms with E-state index >= 15 is 0 Å². The third-order valence-corrected chi connectivity index (χ3v) is 2.99. The zero-order valence-electron chi connectivity index (χ0n) is 8.55. The summed E-state index contributed by atoms with van der Waals surface area (Å²) < 4.78 is 0. The lowest BCUT2D eigenvalue weighted by molar-refractivity contribution is -0.117. The van der Waals surface area contributed by atoms with Gasteiger partial charge < -0.3 is 4.79 Å². The molecule has 0 aromatic rings. The van der Waals surface area contributed by atoms with Gasteiger partial charge in [0.2, 0.25) is 0 Å².